The van der Waals surface area contributed by atoms with Crippen molar-refractivity contribution in [1.29, 1.82) is 0 Å². The van der Waals surface area contributed by atoms with Gasteiger partial charge >= 0.3 is 6.18 Å². The third-order valence-electron chi connectivity index (χ3n) is 0.911. The molecule has 1 N–H and O–H groups in total. The van der Waals surface area contributed by atoms with Crippen LogP contribution in [0.15, 0.2) is 0 Å². The van der Waals surface area contributed by atoms with Gasteiger partial charge in [-0.05, 0) is 6.92 Å². The Labute approximate surface area is 56.4 Å². The van der Waals surface area contributed by atoms with E-state index in [-0.39, 0.29) is 0 Å². The Balaban J connectivity index is 3.85. The van der Waals surface area contributed by atoms with Gasteiger partial charge in [-0.25, -0.2) is 0 Å². The predicted molar refractivity (Wildman–Crippen MR) is 29.3 cm³/mol. The Morgan fingerprint density at radius 3 is 2.00 bits per heavy atom. The van der Waals surface area contributed by atoms with Crippen LogP contribution in [0, 0.1) is 0 Å². The molecule has 60 valence electrons. The number of carbonyl (C=O) groups excluding carboxylic acids is 1. The maximum Gasteiger partial charge on any atom is 0.408 e. The lowest BCUT2D eigenvalue weighted by atomic mass is 10.3. The van der Waals surface area contributed by atoms with Crippen molar-refractivity contribution >= 4 is 5.91 Å². The average Bonchev–Trinajstić information content (AvgIpc) is 1.60. The van der Waals surface area contributed by atoms with Crippen molar-refractivity contribution in [2.45, 2.75) is 26.1 Å². The molecule has 0 heterocycles. The van der Waals surface area contributed by atoms with Crippen LogP contribution in [0.25, 0.3) is 0 Å². The van der Waals surface area contributed by atoms with Gasteiger partial charge in [0.15, 0.2) is 0 Å². The summed E-state index contributed by atoms with van der Waals surface area (Å²) < 4.78 is 34.8. The van der Waals surface area contributed by atoms with Gasteiger partial charge in [-0.1, -0.05) is 0 Å². The summed E-state index contributed by atoms with van der Waals surface area (Å²) in [7, 11) is 0. The van der Waals surface area contributed by atoms with E-state index >= 15 is 0 Å². The molecule has 0 fully saturated rings. The molecule has 1 amide bonds. The Morgan fingerprint density at radius 1 is 1.50 bits per heavy atom. The first-order valence-electron chi connectivity index (χ1n) is 2.68. The third kappa shape index (κ3) is 3.32. The first kappa shape index (κ1) is 9.26. The minimum atomic E-state index is -4.34. The van der Waals surface area contributed by atoms with Crippen LogP contribution in [0.4, 0.5) is 13.2 Å². The summed E-state index contributed by atoms with van der Waals surface area (Å²) in [6.45, 7) is 1.93. The van der Waals surface area contributed by atoms with Crippen molar-refractivity contribution in [2.24, 2.45) is 0 Å². The highest BCUT2D eigenvalue weighted by molar-refractivity contribution is 5.73. The summed E-state index contributed by atoms with van der Waals surface area (Å²) >= 11 is 0. The summed E-state index contributed by atoms with van der Waals surface area (Å²) in [5, 5.41) is 1.72. The fraction of sp³-hybridized carbons (Fsp3) is 0.800. The number of hydrogen-bond donors (Lipinski definition) is 1. The van der Waals surface area contributed by atoms with Crippen molar-refractivity contribution in [3.8, 4) is 0 Å². The minimum absolute atomic E-state index is 0.676. The second-order valence-electron chi connectivity index (χ2n) is 1.96. The summed E-state index contributed by atoms with van der Waals surface area (Å²) in [6, 6.07) is -1.76. The standard InChI is InChI=1S/C5H8F3NO/c1-3(5(6,7)8)9-4(2)10/h3H,1-2H3,(H,9,10)/t3-/m0/s1. The third-order valence-corrected chi connectivity index (χ3v) is 0.911. The molecule has 0 aromatic carbocycles. The van der Waals surface area contributed by atoms with Crippen molar-refractivity contribution in [2.75, 3.05) is 0 Å². The van der Waals surface area contributed by atoms with E-state index in [1.807, 2.05) is 0 Å². The second-order valence-corrected chi connectivity index (χ2v) is 1.96. The van der Waals surface area contributed by atoms with Crippen molar-refractivity contribution in [3.63, 3.8) is 0 Å². The van der Waals surface area contributed by atoms with Gasteiger partial charge in [0.1, 0.15) is 6.04 Å². The molecule has 1 atom stereocenters. The lowest BCUT2D eigenvalue weighted by Crippen LogP contribution is -2.41. The van der Waals surface area contributed by atoms with Gasteiger partial charge in [-0.15, -0.1) is 0 Å². The Kier molecular flexibility index (Phi) is 2.68. The molecule has 0 spiro atoms. The zero-order valence-corrected chi connectivity index (χ0v) is 5.62. The molecule has 2 nitrogen and oxygen atoms in total. The van der Waals surface area contributed by atoms with Crippen LogP contribution in [-0.4, -0.2) is 18.1 Å². The van der Waals surface area contributed by atoms with Crippen LogP contribution < -0.4 is 5.32 Å². The molecule has 0 bridgehead atoms. The molecule has 5 heteroatoms. The first-order chi connectivity index (χ1) is 4.34. The fourth-order valence-corrected chi connectivity index (χ4v) is 0.387. The minimum Gasteiger partial charge on any atom is -0.345 e. The number of carbonyl (C=O) groups is 1. The van der Waals surface area contributed by atoms with Crippen LogP contribution >= 0.6 is 0 Å². The highest BCUT2D eigenvalue weighted by Gasteiger charge is 2.36. The number of halogens is 3. The lowest BCUT2D eigenvalue weighted by molar-refractivity contribution is -0.157. The van der Waals surface area contributed by atoms with E-state index in [0.29, 0.717) is 0 Å². The zero-order chi connectivity index (χ0) is 8.36. The maximum absolute atomic E-state index is 11.6. The lowest BCUT2D eigenvalue weighted by Gasteiger charge is -2.15. The van der Waals surface area contributed by atoms with E-state index in [2.05, 4.69) is 0 Å². The number of rotatable bonds is 1. The molecule has 0 aliphatic rings. The van der Waals surface area contributed by atoms with Gasteiger partial charge in [0, 0.05) is 6.92 Å². The number of nitrogens with one attached hydrogen (secondary N) is 1. The summed E-state index contributed by atoms with van der Waals surface area (Å²) in [5.41, 5.74) is 0. The highest BCUT2D eigenvalue weighted by atomic mass is 19.4. The Bertz CT molecular complexity index is 131. The predicted octanol–water partition coefficient (Wildman–Crippen LogP) is 1.07. The Hall–Kier alpha value is -0.740. The number of amides is 1. The van der Waals surface area contributed by atoms with Crippen LogP contribution in [0.2, 0.25) is 0 Å². The van der Waals surface area contributed by atoms with E-state index < -0.39 is 18.1 Å². The number of hydrogen-bond acceptors (Lipinski definition) is 1. The fourth-order valence-electron chi connectivity index (χ4n) is 0.387. The van der Waals surface area contributed by atoms with Gasteiger partial charge in [0.2, 0.25) is 5.91 Å². The van der Waals surface area contributed by atoms with E-state index in [1.54, 1.807) is 5.32 Å². The SMILES string of the molecule is CC(=O)N[C@@H](C)C(F)(F)F. The largest absolute Gasteiger partial charge is 0.408 e. The van der Waals surface area contributed by atoms with Crippen molar-refractivity contribution in [1.82, 2.24) is 5.32 Å². The highest BCUT2D eigenvalue weighted by Crippen LogP contribution is 2.19. The maximum atomic E-state index is 11.6. The smallest absolute Gasteiger partial charge is 0.345 e. The molecular formula is C5H8F3NO. The van der Waals surface area contributed by atoms with E-state index in [9.17, 15) is 18.0 Å². The molecule has 0 aliphatic heterocycles. The Morgan fingerprint density at radius 2 is 1.90 bits per heavy atom. The molecule has 0 aromatic rings. The summed E-state index contributed by atoms with van der Waals surface area (Å²) in [6.07, 6.45) is -4.34. The second kappa shape index (κ2) is 2.90. The van der Waals surface area contributed by atoms with Crippen molar-refractivity contribution < 1.29 is 18.0 Å². The number of alkyl halides is 3. The molecule has 0 rings (SSSR count). The van der Waals surface area contributed by atoms with E-state index in [1.165, 1.54) is 0 Å². The summed E-state index contributed by atoms with van der Waals surface area (Å²) in [5.74, 6) is -0.676. The van der Waals surface area contributed by atoms with Crippen LogP contribution in [0.5, 0.6) is 0 Å². The topological polar surface area (TPSA) is 29.1 Å². The molecule has 0 aromatic heterocycles. The first-order valence-corrected chi connectivity index (χ1v) is 2.68. The van der Waals surface area contributed by atoms with Gasteiger partial charge in [-0.2, -0.15) is 13.2 Å². The molecule has 0 radical (unpaired) electrons. The molecule has 0 saturated heterocycles. The van der Waals surface area contributed by atoms with Gasteiger partial charge in [0.25, 0.3) is 0 Å². The normalized spacial score (nSPS) is 14.5. The average molecular weight is 155 g/mol. The summed E-state index contributed by atoms with van der Waals surface area (Å²) in [4.78, 5) is 10.1. The molecule has 0 aliphatic carbocycles. The molecule has 0 saturated carbocycles. The van der Waals surface area contributed by atoms with Crippen LogP contribution in [0.1, 0.15) is 13.8 Å². The van der Waals surface area contributed by atoms with Gasteiger partial charge in [-0.3, -0.25) is 4.79 Å². The molecule has 0 unspecified atom stereocenters. The monoisotopic (exact) mass is 155 g/mol. The van der Waals surface area contributed by atoms with E-state index in [0.717, 1.165) is 13.8 Å². The molecule has 10 heavy (non-hydrogen) atoms. The quantitative estimate of drug-likeness (QED) is 0.603. The zero-order valence-electron chi connectivity index (χ0n) is 5.62. The van der Waals surface area contributed by atoms with E-state index in [4.69, 9.17) is 0 Å². The van der Waals surface area contributed by atoms with Gasteiger partial charge in [0.05, 0.1) is 0 Å². The van der Waals surface area contributed by atoms with Gasteiger partial charge < -0.3 is 5.32 Å². The van der Waals surface area contributed by atoms with Crippen molar-refractivity contribution in [3.05, 3.63) is 0 Å². The molecular weight excluding hydrogens is 147 g/mol. The van der Waals surface area contributed by atoms with Crippen LogP contribution in [0.3, 0.4) is 0 Å². The van der Waals surface area contributed by atoms with Crippen LogP contribution in [-0.2, 0) is 4.79 Å².